The molecule has 2 aliphatic rings. The third-order valence-corrected chi connectivity index (χ3v) is 5.46. The molecule has 2 fully saturated rings. The van der Waals surface area contributed by atoms with E-state index in [1.165, 1.54) is 11.3 Å². The molecule has 1 saturated carbocycles. The van der Waals surface area contributed by atoms with Crippen molar-refractivity contribution in [3.63, 3.8) is 0 Å². The van der Waals surface area contributed by atoms with E-state index in [1.54, 1.807) is 0 Å². The van der Waals surface area contributed by atoms with Gasteiger partial charge >= 0.3 is 0 Å². The highest BCUT2D eigenvalue weighted by atomic mass is 79.9. The molecule has 0 aromatic heterocycles. The zero-order valence-corrected chi connectivity index (χ0v) is 13.3. The van der Waals surface area contributed by atoms with Gasteiger partial charge in [0.1, 0.15) is 0 Å². The van der Waals surface area contributed by atoms with Gasteiger partial charge in [-0.25, -0.2) is 0 Å². The second-order valence-electron chi connectivity index (χ2n) is 5.29. The third-order valence-electron chi connectivity index (χ3n) is 3.92. The number of carbonyl (C=O) groups excluding carboxylic acids is 1. The second kappa shape index (κ2) is 5.88. The van der Waals surface area contributed by atoms with Crippen molar-refractivity contribution in [2.75, 3.05) is 24.6 Å². The SMILES string of the molecule is O=C([C@H]1C[C@H]1c1cccc(Br)c1)N1CCCSCC1. The first-order chi connectivity index (χ1) is 9.25. The fraction of sp³-hybridized carbons (Fsp3) is 0.533. The Hall–Kier alpha value is -0.480. The predicted molar refractivity (Wildman–Crippen MR) is 83.5 cm³/mol. The van der Waals surface area contributed by atoms with Gasteiger partial charge in [-0.1, -0.05) is 28.1 Å². The van der Waals surface area contributed by atoms with Crippen molar-refractivity contribution < 1.29 is 4.79 Å². The average molecular weight is 340 g/mol. The van der Waals surface area contributed by atoms with Crippen LogP contribution in [0.4, 0.5) is 0 Å². The van der Waals surface area contributed by atoms with Crippen LogP contribution in [0.5, 0.6) is 0 Å². The molecule has 3 rings (SSSR count). The van der Waals surface area contributed by atoms with Gasteiger partial charge in [-0.05, 0) is 42.2 Å². The van der Waals surface area contributed by atoms with Crippen LogP contribution in [0.2, 0.25) is 0 Å². The molecule has 1 aliphatic heterocycles. The molecule has 4 heteroatoms. The molecule has 2 nitrogen and oxygen atoms in total. The average Bonchev–Trinajstić information content (AvgIpc) is 3.22. The second-order valence-corrected chi connectivity index (χ2v) is 7.44. The Morgan fingerprint density at radius 1 is 1.32 bits per heavy atom. The van der Waals surface area contributed by atoms with E-state index < -0.39 is 0 Å². The van der Waals surface area contributed by atoms with E-state index in [0.717, 1.165) is 36.2 Å². The first kappa shape index (κ1) is 13.5. The number of hydrogen-bond donors (Lipinski definition) is 0. The van der Waals surface area contributed by atoms with E-state index in [9.17, 15) is 4.79 Å². The van der Waals surface area contributed by atoms with Gasteiger partial charge in [-0.15, -0.1) is 0 Å². The van der Waals surface area contributed by atoms with Crippen molar-refractivity contribution >= 4 is 33.6 Å². The minimum Gasteiger partial charge on any atom is -0.342 e. The van der Waals surface area contributed by atoms with Gasteiger partial charge in [0.2, 0.25) is 5.91 Å². The Morgan fingerprint density at radius 3 is 3.05 bits per heavy atom. The molecule has 0 spiro atoms. The van der Waals surface area contributed by atoms with Crippen molar-refractivity contribution in [1.82, 2.24) is 4.90 Å². The monoisotopic (exact) mass is 339 g/mol. The molecule has 1 saturated heterocycles. The molecule has 0 radical (unpaired) electrons. The number of benzene rings is 1. The maximum atomic E-state index is 12.5. The van der Waals surface area contributed by atoms with Gasteiger partial charge in [-0.3, -0.25) is 4.79 Å². The zero-order valence-electron chi connectivity index (χ0n) is 10.8. The first-order valence-corrected chi connectivity index (χ1v) is 8.82. The molecule has 1 heterocycles. The Labute approximate surface area is 127 Å². The fourth-order valence-electron chi connectivity index (χ4n) is 2.77. The van der Waals surface area contributed by atoms with Crippen LogP contribution < -0.4 is 0 Å². The first-order valence-electron chi connectivity index (χ1n) is 6.88. The largest absolute Gasteiger partial charge is 0.342 e. The quantitative estimate of drug-likeness (QED) is 0.821. The highest BCUT2D eigenvalue weighted by Gasteiger charge is 2.45. The molecule has 1 aromatic carbocycles. The van der Waals surface area contributed by atoms with E-state index in [-0.39, 0.29) is 5.92 Å². The highest BCUT2D eigenvalue weighted by Crippen LogP contribution is 2.49. The lowest BCUT2D eigenvalue weighted by molar-refractivity contribution is -0.132. The zero-order chi connectivity index (χ0) is 13.2. The standard InChI is InChI=1S/C15H18BrNOS/c16-12-4-1-3-11(9-12)13-10-14(13)15(18)17-5-2-7-19-8-6-17/h1,3-4,9,13-14H,2,5-8,10H2/t13-,14-/m0/s1. The maximum Gasteiger partial charge on any atom is 0.226 e. The Kier molecular flexibility index (Phi) is 4.18. The summed E-state index contributed by atoms with van der Waals surface area (Å²) in [6.45, 7) is 1.89. The molecule has 0 N–H and O–H groups in total. The summed E-state index contributed by atoms with van der Waals surface area (Å²) >= 11 is 5.47. The van der Waals surface area contributed by atoms with Gasteiger partial charge in [-0.2, -0.15) is 11.8 Å². The van der Waals surface area contributed by atoms with Crippen LogP contribution >= 0.6 is 27.7 Å². The van der Waals surface area contributed by atoms with Gasteiger partial charge in [0.25, 0.3) is 0 Å². The van der Waals surface area contributed by atoms with Crippen LogP contribution in [0.1, 0.15) is 24.3 Å². The molecule has 2 atom stereocenters. The van der Waals surface area contributed by atoms with Gasteiger partial charge in [0.15, 0.2) is 0 Å². The highest BCUT2D eigenvalue weighted by molar-refractivity contribution is 9.10. The lowest BCUT2D eigenvalue weighted by Crippen LogP contribution is -2.34. The topological polar surface area (TPSA) is 20.3 Å². The van der Waals surface area contributed by atoms with Gasteiger partial charge < -0.3 is 4.90 Å². The lowest BCUT2D eigenvalue weighted by atomic mass is 10.1. The van der Waals surface area contributed by atoms with Crippen molar-refractivity contribution in [3.05, 3.63) is 34.3 Å². The van der Waals surface area contributed by atoms with Crippen molar-refractivity contribution in [3.8, 4) is 0 Å². The number of thioether (sulfide) groups is 1. The van der Waals surface area contributed by atoms with Crippen LogP contribution in [0.25, 0.3) is 0 Å². The summed E-state index contributed by atoms with van der Waals surface area (Å²) in [5.41, 5.74) is 1.30. The smallest absolute Gasteiger partial charge is 0.226 e. The van der Waals surface area contributed by atoms with Crippen LogP contribution in [0, 0.1) is 5.92 Å². The van der Waals surface area contributed by atoms with Crippen molar-refractivity contribution in [1.29, 1.82) is 0 Å². The molecular weight excluding hydrogens is 322 g/mol. The summed E-state index contributed by atoms with van der Waals surface area (Å²) in [6, 6.07) is 8.38. The fourth-order valence-corrected chi connectivity index (χ4v) is 4.08. The number of nitrogens with zero attached hydrogens (tertiary/aromatic N) is 1. The maximum absolute atomic E-state index is 12.5. The predicted octanol–water partition coefficient (Wildman–Crippen LogP) is 3.52. The molecular formula is C15H18BrNOS. The Morgan fingerprint density at radius 2 is 2.21 bits per heavy atom. The van der Waals surface area contributed by atoms with Gasteiger partial charge in [0.05, 0.1) is 0 Å². The Bertz CT molecular complexity index is 471. The minimum atomic E-state index is 0.234. The van der Waals surface area contributed by atoms with Crippen molar-refractivity contribution in [2.45, 2.75) is 18.8 Å². The van der Waals surface area contributed by atoms with Crippen LogP contribution in [0.3, 0.4) is 0 Å². The van der Waals surface area contributed by atoms with Crippen LogP contribution in [-0.2, 0) is 4.79 Å². The molecule has 102 valence electrons. The number of halogens is 1. The normalized spacial score (nSPS) is 26.9. The van der Waals surface area contributed by atoms with E-state index in [4.69, 9.17) is 0 Å². The van der Waals surface area contributed by atoms with Crippen LogP contribution in [-0.4, -0.2) is 35.4 Å². The lowest BCUT2D eigenvalue weighted by Gasteiger charge is -2.20. The van der Waals surface area contributed by atoms with E-state index >= 15 is 0 Å². The summed E-state index contributed by atoms with van der Waals surface area (Å²) in [4.78, 5) is 14.6. The number of rotatable bonds is 2. The molecule has 1 aliphatic carbocycles. The number of hydrogen-bond acceptors (Lipinski definition) is 2. The minimum absolute atomic E-state index is 0.234. The molecule has 1 aromatic rings. The Balaban J connectivity index is 1.64. The van der Waals surface area contributed by atoms with E-state index in [0.29, 0.717) is 11.8 Å². The summed E-state index contributed by atoms with van der Waals surface area (Å²) in [6.07, 6.45) is 2.17. The number of carbonyl (C=O) groups is 1. The molecule has 0 unspecified atom stereocenters. The summed E-state index contributed by atoms with van der Waals surface area (Å²) in [7, 11) is 0. The molecule has 19 heavy (non-hydrogen) atoms. The summed E-state index contributed by atoms with van der Waals surface area (Å²) in [5.74, 6) is 3.36. The summed E-state index contributed by atoms with van der Waals surface area (Å²) < 4.78 is 1.11. The van der Waals surface area contributed by atoms with Crippen LogP contribution in [0.15, 0.2) is 28.7 Å². The van der Waals surface area contributed by atoms with Crippen molar-refractivity contribution in [2.24, 2.45) is 5.92 Å². The summed E-state index contributed by atoms with van der Waals surface area (Å²) in [5, 5.41) is 0. The molecule has 0 bridgehead atoms. The third kappa shape index (κ3) is 3.16. The molecule has 1 amide bonds. The van der Waals surface area contributed by atoms with Gasteiger partial charge in [0, 0.05) is 29.2 Å². The van der Waals surface area contributed by atoms with E-state index in [1.807, 2.05) is 17.8 Å². The number of amides is 1. The van der Waals surface area contributed by atoms with E-state index in [2.05, 4.69) is 39.0 Å².